The SMILES string of the molecule is Cn1nc(-c2ccc(NC(=O)c3ccc(F)c(F)c3)cc2)ccc1=O. The van der Waals surface area contributed by atoms with Crippen molar-refractivity contribution in [3.05, 3.63) is 82.1 Å². The van der Waals surface area contributed by atoms with E-state index in [9.17, 15) is 18.4 Å². The Hall–Kier alpha value is -3.35. The fourth-order valence-corrected chi connectivity index (χ4v) is 2.22. The molecule has 1 amide bonds. The number of nitrogens with one attached hydrogen (secondary N) is 1. The van der Waals surface area contributed by atoms with Crippen LogP contribution < -0.4 is 10.9 Å². The Morgan fingerprint density at radius 2 is 1.72 bits per heavy atom. The van der Waals surface area contributed by atoms with Crippen molar-refractivity contribution in [2.75, 3.05) is 5.32 Å². The lowest BCUT2D eigenvalue weighted by Gasteiger charge is -2.07. The van der Waals surface area contributed by atoms with Gasteiger partial charge in [-0.1, -0.05) is 12.1 Å². The molecule has 0 spiro atoms. The minimum atomic E-state index is -1.08. The molecular formula is C18H13F2N3O2. The second-order valence-electron chi connectivity index (χ2n) is 5.34. The Balaban J connectivity index is 1.78. The Morgan fingerprint density at radius 3 is 2.36 bits per heavy atom. The molecule has 7 heteroatoms. The average Bonchev–Trinajstić information content (AvgIpc) is 2.60. The molecule has 5 nitrogen and oxygen atoms in total. The molecule has 126 valence electrons. The van der Waals surface area contributed by atoms with Gasteiger partial charge in [0.2, 0.25) is 0 Å². The number of nitrogens with zero attached hydrogens (tertiary/aromatic N) is 2. The lowest BCUT2D eigenvalue weighted by atomic mass is 10.1. The Labute approximate surface area is 141 Å². The molecule has 0 saturated carbocycles. The fraction of sp³-hybridized carbons (Fsp3) is 0.0556. The molecule has 1 heterocycles. The first-order valence-electron chi connectivity index (χ1n) is 7.35. The predicted molar refractivity (Wildman–Crippen MR) is 89.2 cm³/mol. The van der Waals surface area contributed by atoms with Crippen LogP contribution in [0.1, 0.15) is 10.4 Å². The number of aromatic nitrogens is 2. The van der Waals surface area contributed by atoms with Crippen molar-refractivity contribution >= 4 is 11.6 Å². The summed E-state index contributed by atoms with van der Waals surface area (Å²) in [4.78, 5) is 23.4. The van der Waals surface area contributed by atoms with E-state index in [-0.39, 0.29) is 11.1 Å². The summed E-state index contributed by atoms with van der Waals surface area (Å²) in [7, 11) is 1.56. The summed E-state index contributed by atoms with van der Waals surface area (Å²) >= 11 is 0. The van der Waals surface area contributed by atoms with E-state index in [1.807, 2.05) is 0 Å². The second-order valence-corrected chi connectivity index (χ2v) is 5.34. The smallest absolute Gasteiger partial charge is 0.266 e. The molecule has 0 fully saturated rings. The third-order valence-corrected chi connectivity index (χ3v) is 3.58. The van der Waals surface area contributed by atoms with Gasteiger partial charge in [0, 0.05) is 29.9 Å². The van der Waals surface area contributed by atoms with Crippen LogP contribution in [-0.2, 0) is 7.05 Å². The van der Waals surface area contributed by atoms with Crippen molar-refractivity contribution in [2.24, 2.45) is 7.05 Å². The summed E-state index contributed by atoms with van der Waals surface area (Å²) in [6, 6.07) is 12.7. The van der Waals surface area contributed by atoms with Crippen LogP contribution in [0.5, 0.6) is 0 Å². The minimum absolute atomic E-state index is 0.0164. The van der Waals surface area contributed by atoms with Crippen LogP contribution in [0, 0.1) is 11.6 Å². The summed E-state index contributed by atoms with van der Waals surface area (Å²) in [5.41, 5.74) is 1.67. The van der Waals surface area contributed by atoms with Gasteiger partial charge in [-0.15, -0.1) is 0 Å². The van der Waals surface area contributed by atoms with Crippen molar-refractivity contribution in [1.29, 1.82) is 0 Å². The van der Waals surface area contributed by atoms with Gasteiger partial charge in [-0.3, -0.25) is 9.59 Å². The molecule has 0 bridgehead atoms. The van der Waals surface area contributed by atoms with E-state index in [0.717, 1.165) is 17.7 Å². The molecule has 25 heavy (non-hydrogen) atoms. The van der Waals surface area contributed by atoms with Gasteiger partial charge in [0.1, 0.15) is 0 Å². The standard InChI is InChI=1S/C18H13F2N3O2/c1-23-17(24)9-8-16(22-23)11-2-5-13(6-3-11)21-18(25)12-4-7-14(19)15(20)10-12/h2-10H,1H3,(H,21,25). The highest BCUT2D eigenvalue weighted by Gasteiger charge is 2.10. The van der Waals surface area contributed by atoms with Gasteiger partial charge in [-0.25, -0.2) is 13.5 Å². The number of rotatable bonds is 3. The summed E-state index contributed by atoms with van der Waals surface area (Å²) in [5, 5.41) is 6.74. The largest absolute Gasteiger partial charge is 0.322 e. The molecule has 1 N–H and O–H groups in total. The number of halogens is 2. The topological polar surface area (TPSA) is 64.0 Å². The predicted octanol–water partition coefficient (Wildman–Crippen LogP) is 2.98. The van der Waals surface area contributed by atoms with E-state index in [4.69, 9.17) is 0 Å². The number of carbonyl (C=O) groups excluding carboxylic acids is 1. The second kappa shape index (κ2) is 6.64. The molecule has 3 rings (SSSR count). The summed E-state index contributed by atoms with van der Waals surface area (Å²) in [6.45, 7) is 0. The van der Waals surface area contributed by atoms with Gasteiger partial charge in [-0.2, -0.15) is 5.10 Å². The van der Waals surface area contributed by atoms with Gasteiger partial charge in [0.05, 0.1) is 5.69 Å². The highest BCUT2D eigenvalue weighted by Crippen LogP contribution is 2.19. The molecule has 0 aliphatic heterocycles. The third kappa shape index (κ3) is 3.60. The third-order valence-electron chi connectivity index (χ3n) is 3.58. The Bertz CT molecular complexity index is 998. The number of benzene rings is 2. The van der Waals surface area contributed by atoms with E-state index in [1.165, 1.54) is 16.8 Å². The van der Waals surface area contributed by atoms with Crippen LogP contribution >= 0.6 is 0 Å². The number of amides is 1. The lowest BCUT2D eigenvalue weighted by molar-refractivity contribution is 0.102. The van der Waals surface area contributed by atoms with E-state index in [2.05, 4.69) is 10.4 Å². The maximum absolute atomic E-state index is 13.2. The van der Waals surface area contributed by atoms with Crippen LogP contribution in [0.2, 0.25) is 0 Å². The van der Waals surface area contributed by atoms with Gasteiger partial charge in [0.15, 0.2) is 11.6 Å². The van der Waals surface area contributed by atoms with Crippen molar-refractivity contribution < 1.29 is 13.6 Å². The molecule has 2 aromatic carbocycles. The number of hydrogen-bond donors (Lipinski definition) is 1. The maximum Gasteiger partial charge on any atom is 0.266 e. The maximum atomic E-state index is 13.2. The minimum Gasteiger partial charge on any atom is -0.322 e. The van der Waals surface area contributed by atoms with Crippen LogP contribution in [0.3, 0.4) is 0 Å². The molecule has 0 unspecified atom stereocenters. The zero-order valence-corrected chi connectivity index (χ0v) is 13.2. The number of carbonyl (C=O) groups is 1. The zero-order valence-electron chi connectivity index (χ0n) is 13.2. The summed E-state index contributed by atoms with van der Waals surface area (Å²) in [5.74, 6) is -2.64. The first-order valence-corrected chi connectivity index (χ1v) is 7.35. The van der Waals surface area contributed by atoms with Crippen LogP contribution in [0.4, 0.5) is 14.5 Å². The van der Waals surface area contributed by atoms with Gasteiger partial charge < -0.3 is 5.32 Å². The Morgan fingerprint density at radius 1 is 1.00 bits per heavy atom. The van der Waals surface area contributed by atoms with Crippen LogP contribution in [0.15, 0.2) is 59.4 Å². The molecule has 0 aliphatic carbocycles. The summed E-state index contributed by atoms with van der Waals surface area (Å²) < 4.78 is 27.3. The van der Waals surface area contributed by atoms with Crippen molar-refractivity contribution in [3.63, 3.8) is 0 Å². The van der Waals surface area contributed by atoms with Crippen molar-refractivity contribution in [2.45, 2.75) is 0 Å². The number of aryl methyl sites for hydroxylation is 1. The number of anilines is 1. The van der Waals surface area contributed by atoms with E-state index in [0.29, 0.717) is 11.4 Å². The van der Waals surface area contributed by atoms with Gasteiger partial charge in [0.25, 0.3) is 11.5 Å². The quantitative estimate of drug-likeness (QED) is 0.797. The lowest BCUT2D eigenvalue weighted by Crippen LogP contribution is -2.18. The monoisotopic (exact) mass is 341 g/mol. The van der Waals surface area contributed by atoms with Crippen LogP contribution in [-0.4, -0.2) is 15.7 Å². The molecular weight excluding hydrogens is 328 g/mol. The van der Waals surface area contributed by atoms with Gasteiger partial charge >= 0.3 is 0 Å². The zero-order chi connectivity index (χ0) is 18.0. The highest BCUT2D eigenvalue weighted by atomic mass is 19.2. The van der Waals surface area contributed by atoms with E-state index < -0.39 is 17.5 Å². The van der Waals surface area contributed by atoms with Crippen molar-refractivity contribution in [3.8, 4) is 11.3 Å². The molecule has 0 aliphatic rings. The summed E-state index contributed by atoms with van der Waals surface area (Å²) in [6.07, 6.45) is 0. The molecule has 0 saturated heterocycles. The molecule has 3 aromatic rings. The van der Waals surface area contributed by atoms with Crippen molar-refractivity contribution in [1.82, 2.24) is 9.78 Å². The Kier molecular flexibility index (Phi) is 4.38. The number of hydrogen-bond acceptors (Lipinski definition) is 3. The first kappa shape index (κ1) is 16.5. The normalized spacial score (nSPS) is 10.5. The van der Waals surface area contributed by atoms with E-state index >= 15 is 0 Å². The van der Waals surface area contributed by atoms with Crippen LogP contribution in [0.25, 0.3) is 11.3 Å². The molecule has 0 radical (unpaired) electrons. The van der Waals surface area contributed by atoms with E-state index in [1.54, 1.807) is 37.4 Å². The highest BCUT2D eigenvalue weighted by molar-refractivity contribution is 6.04. The van der Waals surface area contributed by atoms with Gasteiger partial charge in [-0.05, 0) is 36.4 Å². The molecule has 0 atom stereocenters. The first-order chi connectivity index (χ1) is 11.9. The average molecular weight is 341 g/mol. The fourth-order valence-electron chi connectivity index (χ4n) is 2.22. The molecule has 1 aromatic heterocycles.